The van der Waals surface area contributed by atoms with Crippen molar-refractivity contribution in [1.29, 1.82) is 0 Å². The number of hydrogen-bond donors (Lipinski definition) is 1. The van der Waals surface area contributed by atoms with Gasteiger partial charge in [-0.05, 0) is 23.8 Å². The second kappa shape index (κ2) is 7.36. The van der Waals surface area contributed by atoms with Gasteiger partial charge in [0.2, 0.25) is 5.91 Å². The predicted molar refractivity (Wildman–Crippen MR) is 81.4 cm³/mol. The van der Waals surface area contributed by atoms with Gasteiger partial charge in [0.05, 0.1) is 0 Å². The fourth-order valence-corrected chi connectivity index (χ4v) is 2.11. The van der Waals surface area contributed by atoms with E-state index in [9.17, 15) is 14.0 Å². The van der Waals surface area contributed by atoms with Crippen molar-refractivity contribution in [3.63, 3.8) is 0 Å². The number of primary amides is 1. The van der Waals surface area contributed by atoms with Gasteiger partial charge in [0.1, 0.15) is 5.82 Å². The third-order valence-electron chi connectivity index (χ3n) is 3.20. The third kappa shape index (κ3) is 4.41. The van der Waals surface area contributed by atoms with Gasteiger partial charge in [-0.1, -0.05) is 36.4 Å². The van der Waals surface area contributed by atoms with Crippen molar-refractivity contribution in [3.8, 4) is 0 Å². The Labute approximate surface area is 128 Å². The molecule has 2 aromatic carbocycles. The first-order valence-corrected chi connectivity index (χ1v) is 6.93. The van der Waals surface area contributed by atoms with Crippen LogP contribution in [0.25, 0.3) is 0 Å². The van der Waals surface area contributed by atoms with Gasteiger partial charge in [-0.3, -0.25) is 9.59 Å². The number of halogens is 1. The molecule has 0 saturated carbocycles. The van der Waals surface area contributed by atoms with Gasteiger partial charge in [0.15, 0.2) is 0 Å². The number of nitrogens with zero attached hydrogens (tertiary/aromatic N) is 1. The van der Waals surface area contributed by atoms with E-state index in [-0.39, 0.29) is 24.4 Å². The van der Waals surface area contributed by atoms with Crippen molar-refractivity contribution in [2.45, 2.75) is 13.0 Å². The molecule has 2 N–H and O–H groups in total. The molecular weight excluding hydrogens is 283 g/mol. The average molecular weight is 300 g/mol. The number of carbonyl (C=O) groups is 2. The first-order valence-electron chi connectivity index (χ1n) is 6.93. The van der Waals surface area contributed by atoms with Crippen LogP contribution in [0.5, 0.6) is 0 Å². The molecule has 0 atom stereocenters. The van der Waals surface area contributed by atoms with E-state index < -0.39 is 11.7 Å². The quantitative estimate of drug-likeness (QED) is 0.890. The highest BCUT2D eigenvalue weighted by atomic mass is 19.1. The monoisotopic (exact) mass is 300 g/mol. The highest BCUT2D eigenvalue weighted by molar-refractivity contribution is 5.94. The summed E-state index contributed by atoms with van der Waals surface area (Å²) in [5, 5.41) is 0. The molecule has 0 bridgehead atoms. The lowest BCUT2D eigenvalue weighted by atomic mass is 10.1. The van der Waals surface area contributed by atoms with Crippen molar-refractivity contribution in [3.05, 3.63) is 71.5 Å². The van der Waals surface area contributed by atoms with E-state index in [1.807, 2.05) is 30.3 Å². The summed E-state index contributed by atoms with van der Waals surface area (Å²) in [5.74, 6) is -1.28. The van der Waals surface area contributed by atoms with Crippen molar-refractivity contribution in [2.24, 2.45) is 5.73 Å². The summed E-state index contributed by atoms with van der Waals surface area (Å²) in [6, 6.07) is 14.9. The Hall–Kier alpha value is -2.69. The molecule has 2 rings (SSSR count). The molecule has 0 heterocycles. The maximum Gasteiger partial charge on any atom is 0.254 e. The summed E-state index contributed by atoms with van der Waals surface area (Å²) in [5.41, 5.74) is 6.34. The molecule has 22 heavy (non-hydrogen) atoms. The van der Waals surface area contributed by atoms with Gasteiger partial charge in [-0.2, -0.15) is 0 Å². The van der Waals surface area contributed by atoms with Gasteiger partial charge >= 0.3 is 0 Å². The molecule has 0 fully saturated rings. The van der Waals surface area contributed by atoms with Crippen LogP contribution in [0, 0.1) is 5.82 Å². The zero-order chi connectivity index (χ0) is 15.9. The molecule has 4 nitrogen and oxygen atoms in total. The highest BCUT2D eigenvalue weighted by Crippen LogP contribution is 2.12. The van der Waals surface area contributed by atoms with Gasteiger partial charge < -0.3 is 10.6 Å². The molecule has 2 amide bonds. The van der Waals surface area contributed by atoms with Crippen LogP contribution in [-0.4, -0.2) is 23.3 Å². The molecule has 0 spiro atoms. The van der Waals surface area contributed by atoms with Gasteiger partial charge in [-0.15, -0.1) is 0 Å². The molecule has 0 saturated heterocycles. The van der Waals surface area contributed by atoms with E-state index >= 15 is 0 Å². The molecule has 2 aromatic rings. The minimum absolute atomic E-state index is 0.0634. The van der Waals surface area contributed by atoms with Crippen LogP contribution in [0.3, 0.4) is 0 Å². The lowest BCUT2D eigenvalue weighted by molar-refractivity contribution is -0.118. The second-order valence-corrected chi connectivity index (χ2v) is 4.94. The fraction of sp³-hybridized carbons (Fsp3) is 0.176. The van der Waals surface area contributed by atoms with Crippen LogP contribution >= 0.6 is 0 Å². The van der Waals surface area contributed by atoms with E-state index in [2.05, 4.69) is 0 Å². The molecule has 5 heteroatoms. The first kappa shape index (κ1) is 15.7. The van der Waals surface area contributed by atoms with E-state index in [1.54, 1.807) is 6.07 Å². The number of hydrogen-bond acceptors (Lipinski definition) is 2. The van der Waals surface area contributed by atoms with E-state index in [0.717, 1.165) is 5.56 Å². The minimum atomic E-state index is -0.481. The maximum atomic E-state index is 13.3. The van der Waals surface area contributed by atoms with Gasteiger partial charge in [0.25, 0.3) is 5.91 Å². The Morgan fingerprint density at radius 3 is 2.41 bits per heavy atom. The summed E-state index contributed by atoms with van der Waals surface area (Å²) in [4.78, 5) is 25.0. The molecule has 0 aliphatic heterocycles. The Bertz CT molecular complexity index is 659. The van der Waals surface area contributed by atoms with Gasteiger partial charge in [0, 0.05) is 25.1 Å². The summed E-state index contributed by atoms with van der Waals surface area (Å²) in [6.07, 6.45) is 0.0634. The molecule has 0 aliphatic carbocycles. The van der Waals surface area contributed by atoms with Crippen LogP contribution in [-0.2, 0) is 11.3 Å². The first-order chi connectivity index (χ1) is 10.6. The molecular formula is C17H17FN2O2. The van der Waals surface area contributed by atoms with Crippen molar-refractivity contribution >= 4 is 11.8 Å². The van der Waals surface area contributed by atoms with E-state index in [4.69, 9.17) is 5.73 Å². The molecule has 0 aliphatic rings. The van der Waals surface area contributed by atoms with Crippen LogP contribution in [0.4, 0.5) is 4.39 Å². The zero-order valence-corrected chi connectivity index (χ0v) is 12.0. The number of amides is 2. The highest BCUT2D eigenvalue weighted by Gasteiger charge is 2.17. The lowest BCUT2D eigenvalue weighted by Gasteiger charge is -2.22. The Balaban J connectivity index is 2.19. The number of nitrogens with two attached hydrogens (primary N) is 1. The zero-order valence-electron chi connectivity index (χ0n) is 12.0. The van der Waals surface area contributed by atoms with Crippen LogP contribution < -0.4 is 5.73 Å². The smallest absolute Gasteiger partial charge is 0.254 e. The topological polar surface area (TPSA) is 63.4 Å². The lowest BCUT2D eigenvalue weighted by Crippen LogP contribution is -2.33. The summed E-state index contributed by atoms with van der Waals surface area (Å²) < 4.78 is 13.3. The number of carbonyl (C=O) groups excluding carboxylic acids is 2. The Morgan fingerprint density at radius 1 is 1.05 bits per heavy atom. The Morgan fingerprint density at radius 2 is 1.77 bits per heavy atom. The fourth-order valence-electron chi connectivity index (χ4n) is 2.11. The van der Waals surface area contributed by atoms with Crippen LogP contribution in [0.15, 0.2) is 54.6 Å². The van der Waals surface area contributed by atoms with Crippen molar-refractivity contribution < 1.29 is 14.0 Å². The second-order valence-electron chi connectivity index (χ2n) is 4.94. The standard InChI is InChI=1S/C17H17FN2O2/c18-15-8-4-7-14(11-15)17(22)20(10-9-16(19)21)12-13-5-2-1-3-6-13/h1-8,11H,9-10,12H2,(H2,19,21). The normalized spacial score (nSPS) is 10.2. The average Bonchev–Trinajstić information content (AvgIpc) is 2.51. The molecule has 0 aromatic heterocycles. The summed E-state index contributed by atoms with van der Waals surface area (Å²) in [7, 11) is 0. The minimum Gasteiger partial charge on any atom is -0.370 e. The number of benzene rings is 2. The van der Waals surface area contributed by atoms with Crippen molar-refractivity contribution in [1.82, 2.24) is 4.90 Å². The molecule has 0 radical (unpaired) electrons. The van der Waals surface area contributed by atoms with Crippen molar-refractivity contribution in [2.75, 3.05) is 6.54 Å². The van der Waals surface area contributed by atoms with Crippen LogP contribution in [0.2, 0.25) is 0 Å². The Kier molecular flexibility index (Phi) is 5.25. The summed E-state index contributed by atoms with van der Waals surface area (Å²) >= 11 is 0. The third-order valence-corrected chi connectivity index (χ3v) is 3.20. The van der Waals surface area contributed by atoms with E-state index in [0.29, 0.717) is 6.54 Å². The summed E-state index contributed by atoms with van der Waals surface area (Å²) in [6.45, 7) is 0.531. The van der Waals surface area contributed by atoms with Gasteiger partial charge in [-0.25, -0.2) is 4.39 Å². The SMILES string of the molecule is NC(=O)CCN(Cc1ccccc1)C(=O)c1cccc(F)c1. The maximum absolute atomic E-state index is 13.3. The van der Waals surface area contributed by atoms with Crippen LogP contribution in [0.1, 0.15) is 22.3 Å². The van der Waals surface area contributed by atoms with E-state index in [1.165, 1.54) is 23.1 Å². The number of rotatable bonds is 6. The molecule has 114 valence electrons. The molecule has 0 unspecified atom stereocenters. The largest absolute Gasteiger partial charge is 0.370 e. The predicted octanol–water partition coefficient (Wildman–Crippen LogP) is 2.34.